The van der Waals surface area contributed by atoms with Gasteiger partial charge in [-0.2, -0.15) is 4.57 Å². The van der Waals surface area contributed by atoms with E-state index in [0.29, 0.717) is 30.7 Å². The summed E-state index contributed by atoms with van der Waals surface area (Å²) in [6, 6.07) is 21.1. The van der Waals surface area contributed by atoms with E-state index in [1.807, 2.05) is 18.2 Å². The zero-order valence-corrected chi connectivity index (χ0v) is 18.8. The summed E-state index contributed by atoms with van der Waals surface area (Å²) in [4.78, 5) is 0. The summed E-state index contributed by atoms with van der Waals surface area (Å²) < 4.78 is 32.4. The van der Waals surface area contributed by atoms with Gasteiger partial charge in [0.25, 0.3) is 0 Å². The highest BCUT2D eigenvalue weighted by molar-refractivity contribution is 9.11. The van der Waals surface area contributed by atoms with Crippen LogP contribution in [-0.4, -0.2) is 0 Å². The van der Waals surface area contributed by atoms with Gasteiger partial charge in [-0.1, -0.05) is 36.4 Å². The molecule has 0 heterocycles. The van der Waals surface area contributed by atoms with Crippen molar-refractivity contribution in [2.45, 2.75) is 0 Å². The molecular formula is C18H12Br3O4P. The zero-order valence-electron chi connectivity index (χ0n) is 13.1. The summed E-state index contributed by atoms with van der Waals surface area (Å²) in [5.41, 5.74) is 0. The van der Waals surface area contributed by atoms with Crippen molar-refractivity contribution in [3.63, 3.8) is 0 Å². The van der Waals surface area contributed by atoms with E-state index >= 15 is 0 Å². The Morgan fingerprint density at radius 1 is 0.538 bits per heavy atom. The maximum absolute atomic E-state index is 13.4. The average Bonchev–Trinajstić information content (AvgIpc) is 2.61. The molecule has 0 atom stereocenters. The maximum atomic E-state index is 13.4. The Morgan fingerprint density at radius 2 is 0.808 bits per heavy atom. The molecule has 0 aliphatic rings. The standard InChI is InChI=1S/C18H12Br3O4P/c19-13-7-1-4-10-16(13)23-26(22,24-17-11-5-2-8-14(17)20)25-18-12-6-3-9-15(18)21/h1-12H. The van der Waals surface area contributed by atoms with E-state index < -0.39 is 7.82 Å². The molecule has 0 aliphatic heterocycles. The lowest BCUT2D eigenvalue weighted by molar-refractivity contribution is 0.296. The lowest BCUT2D eigenvalue weighted by atomic mass is 10.3. The third kappa shape index (κ3) is 4.92. The van der Waals surface area contributed by atoms with Crippen molar-refractivity contribution < 1.29 is 18.1 Å². The Bertz CT molecular complexity index is 842. The summed E-state index contributed by atoms with van der Waals surface area (Å²) in [6.07, 6.45) is 0. The zero-order chi connectivity index (χ0) is 18.6. The van der Waals surface area contributed by atoms with Crippen LogP contribution in [0, 0.1) is 0 Å². The van der Waals surface area contributed by atoms with Crippen LogP contribution < -0.4 is 13.6 Å². The third-order valence-electron chi connectivity index (χ3n) is 3.14. The average molecular weight is 563 g/mol. The van der Waals surface area contributed by atoms with Crippen molar-refractivity contribution in [1.29, 1.82) is 0 Å². The molecule has 0 aromatic heterocycles. The largest absolute Gasteiger partial charge is 0.647 e. The fourth-order valence-corrected chi connectivity index (χ4v) is 4.76. The molecule has 0 unspecified atom stereocenters. The van der Waals surface area contributed by atoms with Crippen LogP contribution in [0.1, 0.15) is 0 Å². The minimum Gasteiger partial charge on any atom is -0.385 e. The van der Waals surface area contributed by atoms with Crippen LogP contribution in [0.5, 0.6) is 17.2 Å². The van der Waals surface area contributed by atoms with Crippen LogP contribution in [-0.2, 0) is 4.57 Å². The predicted octanol–water partition coefficient (Wildman–Crippen LogP) is 7.62. The lowest BCUT2D eigenvalue weighted by Gasteiger charge is -2.21. The van der Waals surface area contributed by atoms with E-state index in [1.165, 1.54) is 0 Å². The summed E-state index contributed by atoms with van der Waals surface area (Å²) in [6.45, 7) is 0. The normalized spacial score (nSPS) is 11.0. The van der Waals surface area contributed by atoms with Crippen LogP contribution in [0.25, 0.3) is 0 Å². The predicted molar refractivity (Wildman–Crippen MR) is 112 cm³/mol. The molecule has 0 spiro atoms. The van der Waals surface area contributed by atoms with Crippen molar-refractivity contribution in [3.05, 3.63) is 86.2 Å². The van der Waals surface area contributed by atoms with E-state index in [2.05, 4.69) is 47.8 Å². The third-order valence-corrected chi connectivity index (χ3v) is 6.37. The Balaban J connectivity index is 1.97. The Morgan fingerprint density at radius 3 is 1.08 bits per heavy atom. The van der Waals surface area contributed by atoms with Gasteiger partial charge in [-0.25, -0.2) is 0 Å². The summed E-state index contributed by atoms with van der Waals surface area (Å²) >= 11 is 10.1. The number of rotatable bonds is 6. The van der Waals surface area contributed by atoms with Gasteiger partial charge < -0.3 is 13.6 Å². The van der Waals surface area contributed by atoms with Crippen LogP contribution in [0.15, 0.2) is 86.2 Å². The minimum absolute atomic E-state index is 0.343. The molecule has 3 rings (SSSR count). The first-order valence-corrected chi connectivity index (χ1v) is 11.2. The Labute approximate surface area is 176 Å². The molecule has 0 N–H and O–H groups in total. The van der Waals surface area contributed by atoms with E-state index in [0.717, 1.165) is 0 Å². The van der Waals surface area contributed by atoms with Crippen molar-refractivity contribution in [2.24, 2.45) is 0 Å². The fourth-order valence-electron chi connectivity index (χ4n) is 1.97. The topological polar surface area (TPSA) is 44.8 Å². The fraction of sp³-hybridized carbons (Fsp3) is 0. The minimum atomic E-state index is -4.06. The van der Waals surface area contributed by atoms with Crippen molar-refractivity contribution >= 4 is 55.6 Å². The van der Waals surface area contributed by atoms with Crippen LogP contribution in [0.4, 0.5) is 0 Å². The van der Waals surface area contributed by atoms with E-state index in [1.54, 1.807) is 54.6 Å². The number of benzene rings is 3. The lowest BCUT2D eigenvalue weighted by Crippen LogP contribution is -2.08. The smallest absolute Gasteiger partial charge is 0.385 e. The van der Waals surface area contributed by atoms with Gasteiger partial charge in [0.2, 0.25) is 0 Å². The van der Waals surface area contributed by atoms with Crippen molar-refractivity contribution in [3.8, 4) is 17.2 Å². The van der Waals surface area contributed by atoms with E-state index in [-0.39, 0.29) is 0 Å². The molecule has 8 heteroatoms. The summed E-state index contributed by atoms with van der Waals surface area (Å²) in [5.74, 6) is 1.03. The molecule has 0 amide bonds. The van der Waals surface area contributed by atoms with Gasteiger partial charge in [0, 0.05) is 0 Å². The number of para-hydroxylation sites is 3. The van der Waals surface area contributed by atoms with Gasteiger partial charge in [0.05, 0.1) is 13.4 Å². The number of phosphoric ester groups is 1. The second kappa shape index (κ2) is 8.61. The molecule has 0 bridgehead atoms. The van der Waals surface area contributed by atoms with Gasteiger partial charge in [0.1, 0.15) is 17.2 Å². The van der Waals surface area contributed by atoms with Crippen molar-refractivity contribution in [2.75, 3.05) is 0 Å². The quantitative estimate of drug-likeness (QED) is 0.290. The van der Waals surface area contributed by atoms with Crippen LogP contribution >= 0.6 is 55.6 Å². The molecule has 3 aromatic rings. The highest BCUT2D eigenvalue weighted by Crippen LogP contribution is 2.53. The Kier molecular flexibility index (Phi) is 6.46. The van der Waals surface area contributed by atoms with Gasteiger partial charge in [0.15, 0.2) is 0 Å². The molecule has 0 aliphatic carbocycles. The highest BCUT2D eigenvalue weighted by Gasteiger charge is 2.35. The first-order chi connectivity index (χ1) is 12.5. The number of hydrogen-bond donors (Lipinski definition) is 0. The van der Waals surface area contributed by atoms with Gasteiger partial charge in [-0.3, -0.25) is 0 Å². The molecule has 0 saturated carbocycles. The van der Waals surface area contributed by atoms with E-state index in [9.17, 15) is 4.57 Å². The molecule has 0 saturated heterocycles. The first kappa shape index (κ1) is 19.5. The second-order valence-corrected chi connectivity index (χ2v) is 9.02. The number of hydrogen-bond acceptors (Lipinski definition) is 4. The summed E-state index contributed by atoms with van der Waals surface area (Å²) in [7, 11) is -4.06. The molecule has 134 valence electrons. The molecule has 0 fully saturated rings. The highest BCUT2D eigenvalue weighted by atomic mass is 79.9. The van der Waals surface area contributed by atoms with Crippen molar-refractivity contribution in [1.82, 2.24) is 0 Å². The summed E-state index contributed by atoms with van der Waals surface area (Å²) in [5, 5.41) is 0. The molecule has 3 aromatic carbocycles. The van der Waals surface area contributed by atoms with Crippen LogP contribution in [0.2, 0.25) is 0 Å². The molecule has 0 radical (unpaired) electrons. The number of phosphoric acid groups is 1. The monoisotopic (exact) mass is 560 g/mol. The van der Waals surface area contributed by atoms with Gasteiger partial charge >= 0.3 is 7.82 Å². The molecule has 26 heavy (non-hydrogen) atoms. The maximum Gasteiger partial charge on any atom is 0.647 e. The van der Waals surface area contributed by atoms with Crippen LogP contribution in [0.3, 0.4) is 0 Å². The SMILES string of the molecule is O=P(Oc1ccccc1Br)(Oc1ccccc1Br)Oc1ccccc1Br. The second-order valence-electron chi connectivity index (χ2n) is 5.01. The first-order valence-electron chi connectivity index (χ1n) is 7.39. The van der Waals surface area contributed by atoms with E-state index in [4.69, 9.17) is 13.6 Å². The molecule has 4 nitrogen and oxygen atoms in total. The molecular weight excluding hydrogens is 551 g/mol. The van der Waals surface area contributed by atoms with Gasteiger partial charge in [-0.05, 0) is 84.2 Å². The number of halogens is 3. The Hall–Kier alpha value is -1.27. The van der Waals surface area contributed by atoms with Gasteiger partial charge in [-0.15, -0.1) is 0 Å².